The van der Waals surface area contributed by atoms with Gasteiger partial charge in [0.2, 0.25) is 0 Å². The topological polar surface area (TPSA) is 59.6 Å². The zero-order valence-corrected chi connectivity index (χ0v) is 15.5. The van der Waals surface area contributed by atoms with Gasteiger partial charge in [-0.05, 0) is 34.7 Å². The van der Waals surface area contributed by atoms with Crippen LogP contribution in [-0.2, 0) is 12.0 Å². The highest BCUT2D eigenvalue weighted by atomic mass is 16.5. The number of urea groups is 1. The van der Waals surface area contributed by atoms with Gasteiger partial charge in [0.1, 0.15) is 11.5 Å². The molecule has 5 heteroatoms. The predicted octanol–water partition coefficient (Wildman–Crippen LogP) is 4.32. The highest BCUT2D eigenvalue weighted by molar-refractivity contribution is 5.90. The van der Waals surface area contributed by atoms with Gasteiger partial charge in [0.15, 0.2) is 0 Å². The first-order valence-electron chi connectivity index (χ1n) is 8.20. The molecule has 2 aromatic carbocycles. The number of para-hydroxylation sites is 1. The van der Waals surface area contributed by atoms with Crippen molar-refractivity contribution in [2.24, 2.45) is 0 Å². The molecule has 0 aromatic heterocycles. The standard InChI is InChI=1S/C20H26N2O3/c1-20(2,3)17-8-6-7-9-18(17)22-19(23)21-13-14-10-15(24-4)12-16(11-14)25-5/h6-12H,13H2,1-5H3,(H2,21,22,23). The lowest BCUT2D eigenvalue weighted by Crippen LogP contribution is -2.29. The van der Waals surface area contributed by atoms with E-state index in [1.54, 1.807) is 20.3 Å². The van der Waals surface area contributed by atoms with Crippen molar-refractivity contribution in [3.63, 3.8) is 0 Å². The highest BCUT2D eigenvalue weighted by Gasteiger charge is 2.18. The molecule has 0 spiro atoms. The Hall–Kier alpha value is -2.69. The lowest BCUT2D eigenvalue weighted by Gasteiger charge is -2.23. The van der Waals surface area contributed by atoms with E-state index in [0.29, 0.717) is 18.0 Å². The molecule has 5 nitrogen and oxygen atoms in total. The molecular formula is C20H26N2O3. The van der Waals surface area contributed by atoms with Gasteiger partial charge in [0, 0.05) is 18.3 Å². The van der Waals surface area contributed by atoms with Crippen molar-refractivity contribution < 1.29 is 14.3 Å². The van der Waals surface area contributed by atoms with Crippen LogP contribution >= 0.6 is 0 Å². The molecule has 0 saturated carbocycles. The van der Waals surface area contributed by atoms with E-state index in [9.17, 15) is 4.79 Å². The molecule has 2 aromatic rings. The fraction of sp³-hybridized carbons (Fsp3) is 0.350. The van der Waals surface area contributed by atoms with Crippen molar-refractivity contribution in [1.29, 1.82) is 0 Å². The van der Waals surface area contributed by atoms with Gasteiger partial charge in [-0.25, -0.2) is 4.79 Å². The molecule has 0 saturated heterocycles. The Balaban J connectivity index is 2.05. The molecule has 0 aliphatic rings. The summed E-state index contributed by atoms with van der Waals surface area (Å²) in [7, 11) is 3.20. The second-order valence-corrected chi connectivity index (χ2v) is 6.82. The minimum absolute atomic E-state index is 0.0516. The number of amides is 2. The summed E-state index contributed by atoms with van der Waals surface area (Å²) >= 11 is 0. The molecule has 0 aliphatic carbocycles. The van der Waals surface area contributed by atoms with Crippen molar-refractivity contribution >= 4 is 11.7 Å². The van der Waals surface area contributed by atoms with Gasteiger partial charge < -0.3 is 20.1 Å². The van der Waals surface area contributed by atoms with Crippen LogP contribution in [0.2, 0.25) is 0 Å². The number of nitrogens with one attached hydrogen (secondary N) is 2. The fourth-order valence-electron chi connectivity index (χ4n) is 2.56. The van der Waals surface area contributed by atoms with Crippen molar-refractivity contribution in [3.05, 3.63) is 53.6 Å². The minimum Gasteiger partial charge on any atom is -0.497 e. The molecule has 0 atom stereocenters. The predicted molar refractivity (Wildman–Crippen MR) is 101 cm³/mol. The van der Waals surface area contributed by atoms with E-state index in [1.165, 1.54) is 0 Å². The average Bonchev–Trinajstić information content (AvgIpc) is 2.59. The quantitative estimate of drug-likeness (QED) is 0.850. The van der Waals surface area contributed by atoms with Crippen LogP contribution in [-0.4, -0.2) is 20.3 Å². The zero-order valence-electron chi connectivity index (χ0n) is 15.5. The van der Waals surface area contributed by atoms with Crippen LogP contribution in [0.3, 0.4) is 0 Å². The zero-order chi connectivity index (χ0) is 18.4. The number of rotatable bonds is 5. The summed E-state index contributed by atoms with van der Waals surface area (Å²) in [6, 6.07) is 13.1. The van der Waals surface area contributed by atoms with E-state index < -0.39 is 0 Å². The molecule has 0 radical (unpaired) electrons. The number of hydrogen-bond acceptors (Lipinski definition) is 3. The van der Waals surface area contributed by atoms with Crippen molar-refractivity contribution in [1.82, 2.24) is 5.32 Å². The molecule has 0 fully saturated rings. The molecule has 2 N–H and O–H groups in total. The number of hydrogen-bond donors (Lipinski definition) is 2. The second-order valence-electron chi connectivity index (χ2n) is 6.82. The third-order valence-corrected chi connectivity index (χ3v) is 3.85. The lowest BCUT2D eigenvalue weighted by molar-refractivity contribution is 0.251. The van der Waals surface area contributed by atoms with E-state index in [0.717, 1.165) is 16.8 Å². The van der Waals surface area contributed by atoms with E-state index in [1.807, 2.05) is 36.4 Å². The molecule has 0 aliphatic heterocycles. The second kappa shape index (κ2) is 7.92. The molecule has 0 bridgehead atoms. The molecule has 0 unspecified atom stereocenters. The van der Waals surface area contributed by atoms with Crippen LogP contribution in [0.25, 0.3) is 0 Å². The number of ether oxygens (including phenoxy) is 2. The van der Waals surface area contributed by atoms with Crippen LogP contribution in [0, 0.1) is 0 Å². The molecular weight excluding hydrogens is 316 g/mol. The van der Waals surface area contributed by atoms with Gasteiger partial charge in [0.25, 0.3) is 0 Å². The van der Waals surface area contributed by atoms with Gasteiger partial charge in [-0.2, -0.15) is 0 Å². The summed E-state index contributed by atoms with van der Waals surface area (Å²) in [5, 5.41) is 5.80. The van der Waals surface area contributed by atoms with E-state index in [2.05, 4.69) is 31.4 Å². The van der Waals surface area contributed by atoms with Crippen molar-refractivity contribution in [2.45, 2.75) is 32.7 Å². The first kappa shape index (κ1) is 18.6. The Morgan fingerprint density at radius 1 is 1.00 bits per heavy atom. The van der Waals surface area contributed by atoms with Gasteiger partial charge >= 0.3 is 6.03 Å². The van der Waals surface area contributed by atoms with Crippen LogP contribution in [0.4, 0.5) is 10.5 Å². The van der Waals surface area contributed by atoms with E-state index in [4.69, 9.17) is 9.47 Å². The number of benzene rings is 2. The molecule has 25 heavy (non-hydrogen) atoms. The summed E-state index contributed by atoms with van der Waals surface area (Å²) in [6.45, 7) is 6.73. The van der Waals surface area contributed by atoms with Crippen LogP contribution in [0.5, 0.6) is 11.5 Å². The monoisotopic (exact) mass is 342 g/mol. The number of carbonyl (C=O) groups is 1. The summed E-state index contributed by atoms with van der Waals surface area (Å²) in [5.41, 5.74) is 2.75. The Morgan fingerprint density at radius 3 is 2.16 bits per heavy atom. The highest BCUT2D eigenvalue weighted by Crippen LogP contribution is 2.29. The molecule has 134 valence electrons. The molecule has 0 heterocycles. The largest absolute Gasteiger partial charge is 0.497 e. The first-order valence-corrected chi connectivity index (χ1v) is 8.20. The van der Waals surface area contributed by atoms with Crippen LogP contribution in [0.15, 0.2) is 42.5 Å². The summed E-state index contributed by atoms with van der Waals surface area (Å²) < 4.78 is 10.5. The van der Waals surface area contributed by atoms with Gasteiger partial charge in [-0.1, -0.05) is 39.0 Å². The average molecular weight is 342 g/mol. The third-order valence-electron chi connectivity index (χ3n) is 3.85. The maximum absolute atomic E-state index is 12.3. The summed E-state index contributed by atoms with van der Waals surface area (Å²) in [4.78, 5) is 12.3. The van der Waals surface area contributed by atoms with Crippen molar-refractivity contribution in [2.75, 3.05) is 19.5 Å². The van der Waals surface area contributed by atoms with E-state index >= 15 is 0 Å². The summed E-state index contributed by atoms with van der Waals surface area (Å²) in [5.74, 6) is 1.38. The van der Waals surface area contributed by atoms with Gasteiger partial charge in [-0.15, -0.1) is 0 Å². The van der Waals surface area contributed by atoms with Gasteiger partial charge in [-0.3, -0.25) is 0 Å². The van der Waals surface area contributed by atoms with Gasteiger partial charge in [0.05, 0.1) is 14.2 Å². The third kappa shape index (κ3) is 5.14. The number of carbonyl (C=O) groups excluding carboxylic acids is 1. The first-order chi connectivity index (χ1) is 11.8. The SMILES string of the molecule is COc1cc(CNC(=O)Nc2ccccc2C(C)(C)C)cc(OC)c1. The maximum Gasteiger partial charge on any atom is 0.319 e. The normalized spacial score (nSPS) is 10.9. The van der Waals surface area contributed by atoms with Crippen molar-refractivity contribution in [3.8, 4) is 11.5 Å². The number of anilines is 1. The Labute approximate surface area is 149 Å². The lowest BCUT2D eigenvalue weighted by atomic mass is 9.86. The van der Waals surface area contributed by atoms with Crippen LogP contribution < -0.4 is 20.1 Å². The Bertz CT molecular complexity index is 714. The molecule has 2 amide bonds. The van der Waals surface area contributed by atoms with E-state index in [-0.39, 0.29) is 11.4 Å². The Morgan fingerprint density at radius 2 is 1.60 bits per heavy atom. The maximum atomic E-state index is 12.3. The fourth-order valence-corrected chi connectivity index (χ4v) is 2.56. The summed E-state index contributed by atoms with van der Waals surface area (Å²) in [6.07, 6.45) is 0. The van der Waals surface area contributed by atoms with Crippen LogP contribution in [0.1, 0.15) is 31.9 Å². The smallest absolute Gasteiger partial charge is 0.319 e. The minimum atomic E-state index is -0.251. The molecule has 2 rings (SSSR count). The Kier molecular flexibility index (Phi) is 5.91. The number of methoxy groups -OCH3 is 2.